The predicted octanol–water partition coefficient (Wildman–Crippen LogP) is 2.32. The largest absolute Gasteiger partial charge is 0.370 e. The molecule has 7 heteroatoms. The lowest BCUT2D eigenvalue weighted by Gasteiger charge is -2.23. The first kappa shape index (κ1) is 18.8. The van der Waals surface area contributed by atoms with Gasteiger partial charge in [0.05, 0.1) is 11.0 Å². The average Bonchev–Trinajstić information content (AvgIpc) is 3.46. The van der Waals surface area contributed by atoms with Crippen molar-refractivity contribution in [3.05, 3.63) is 34.2 Å². The van der Waals surface area contributed by atoms with E-state index in [1.54, 1.807) is 6.07 Å². The molecule has 1 aromatic carbocycles. The molecule has 28 heavy (non-hydrogen) atoms. The van der Waals surface area contributed by atoms with Crippen LogP contribution in [-0.4, -0.2) is 27.5 Å². The Hall–Kier alpha value is -2.57. The third-order valence-corrected chi connectivity index (χ3v) is 5.96. The van der Waals surface area contributed by atoms with Crippen molar-refractivity contribution in [2.45, 2.75) is 64.0 Å². The van der Waals surface area contributed by atoms with Crippen LogP contribution in [0, 0.1) is 5.92 Å². The quantitative estimate of drug-likeness (QED) is 0.766. The molecule has 3 N–H and O–H groups in total. The van der Waals surface area contributed by atoms with Crippen molar-refractivity contribution in [2.24, 2.45) is 11.7 Å². The van der Waals surface area contributed by atoms with Crippen molar-refractivity contribution in [2.75, 3.05) is 6.54 Å². The number of carbonyl (C=O) groups is 2. The van der Waals surface area contributed by atoms with Crippen LogP contribution in [0.5, 0.6) is 0 Å². The van der Waals surface area contributed by atoms with Crippen LogP contribution < -0.4 is 16.7 Å². The molecule has 1 heterocycles. The van der Waals surface area contributed by atoms with Gasteiger partial charge >= 0.3 is 5.69 Å². The Labute approximate surface area is 163 Å². The van der Waals surface area contributed by atoms with Gasteiger partial charge in [0.25, 0.3) is 5.91 Å². The zero-order valence-electron chi connectivity index (χ0n) is 16.2. The van der Waals surface area contributed by atoms with Crippen LogP contribution >= 0.6 is 0 Å². The molecule has 2 amide bonds. The zero-order valence-corrected chi connectivity index (χ0v) is 16.2. The second kappa shape index (κ2) is 7.81. The summed E-state index contributed by atoms with van der Waals surface area (Å²) in [5.74, 6) is -0.131. The van der Waals surface area contributed by atoms with Crippen LogP contribution in [0.1, 0.15) is 67.8 Å². The van der Waals surface area contributed by atoms with E-state index < -0.39 is 5.91 Å². The number of rotatable bonds is 7. The van der Waals surface area contributed by atoms with Crippen molar-refractivity contribution in [1.82, 2.24) is 14.5 Å². The normalized spacial score (nSPS) is 17.7. The fourth-order valence-electron chi connectivity index (χ4n) is 4.25. The van der Waals surface area contributed by atoms with Crippen LogP contribution in [0.25, 0.3) is 11.0 Å². The van der Waals surface area contributed by atoms with Gasteiger partial charge in [0.2, 0.25) is 5.91 Å². The minimum atomic E-state index is -0.446. The van der Waals surface area contributed by atoms with Gasteiger partial charge in [-0.25, -0.2) is 4.79 Å². The first-order chi connectivity index (χ1) is 13.5. The molecule has 0 bridgehead atoms. The number of hydrogen-bond acceptors (Lipinski definition) is 3. The third kappa shape index (κ3) is 3.84. The molecule has 0 radical (unpaired) electrons. The number of benzene rings is 1. The van der Waals surface area contributed by atoms with Crippen LogP contribution in [-0.2, 0) is 11.3 Å². The fourth-order valence-corrected chi connectivity index (χ4v) is 4.25. The molecule has 0 unspecified atom stereocenters. The highest BCUT2D eigenvalue weighted by Gasteiger charge is 2.27. The van der Waals surface area contributed by atoms with Gasteiger partial charge in [0.1, 0.15) is 0 Å². The van der Waals surface area contributed by atoms with E-state index in [1.807, 2.05) is 21.3 Å². The monoisotopic (exact) mass is 384 g/mol. The Kier molecular flexibility index (Phi) is 5.24. The van der Waals surface area contributed by atoms with Crippen LogP contribution in [0.4, 0.5) is 0 Å². The van der Waals surface area contributed by atoms with E-state index in [0.29, 0.717) is 11.5 Å². The smallest absolute Gasteiger partial charge is 0.329 e. The number of imidazole rings is 1. The second-order valence-electron chi connectivity index (χ2n) is 8.17. The van der Waals surface area contributed by atoms with E-state index in [0.717, 1.165) is 56.1 Å². The lowest BCUT2D eigenvalue weighted by atomic mass is 9.95. The van der Waals surface area contributed by atoms with Gasteiger partial charge in [-0.2, -0.15) is 0 Å². The van der Waals surface area contributed by atoms with Gasteiger partial charge < -0.3 is 11.1 Å². The summed E-state index contributed by atoms with van der Waals surface area (Å²) in [7, 11) is 0. The Bertz CT molecular complexity index is 948. The van der Waals surface area contributed by atoms with Crippen molar-refractivity contribution in [3.63, 3.8) is 0 Å². The SMILES string of the molecule is NC(=O)CCNC(=O)c1ccc2c(c1)n(CC1CC1)c(=O)n2C1CCCCC1. The van der Waals surface area contributed by atoms with Crippen LogP contribution in [0.15, 0.2) is 23.0 Å². The van der Waals surface area contributed by atoms with Crippen molar-refractivity contribution in [3.8, 4) is 0 Å². The molecule has 0 spiro atoms. The van der Waals surface area contributed by atoms with Crippen LogP contribution in [0.2, 0.25) is 0 Å². The van der Waals surface area contributed by atoms with Gasteiger partial charge in [-0.05, 0) is 49.8 Å². The number of hydrogen-bond donors (Lipinski definition) is 2. The number of nitrogens with zero attached hydrogens (tertiary/aromatic N) is 2. The van der Waals surface area contributed by atoms with Crippen molar-refractivity contribution < 1.29 is 9.59 Å². The maximum absolute atomic E-state index is 13.3. The van der Waals surface area contributed by atoms with E-state index >= 15 is 0 Å². The molecule has 1 aromatic heterocycles. The number of carbonyl (C=O) groups excluding carboxylic acids is 2. The maximum atomic E-state index is 13.3. The average molecular weight is 384 g/mol. The molecule has 7 nitrogen and oxygen atoms in total. The summed E-state index contributed by atoms with van der Waals surface area (Å²) in [6, 6.07) is 5.73. The lowest BCUT2D eigenvalue weighted by Crippen LogP contribution is -2.29. The molecule has 2 fully saturated rings. The summed E-state index contributed by atoms with van der Waals surface area (Å²) in [6.45, 7) is 0.936. The summed E-state index contributed by atoms with van der Waals surface area (Å²) < 4.78 is 3.83. The molecular weight excluding hydrogens is 356 g/mol. The van der Waals surface area contributed by atoms with Crippen molar-refractivity contribution in [1.29, 1.82) is 0 Å². The minimum Gasteiger partial charge on any atom is -0.370 e. The van der Waals surface area contributed by atoms with Gasteiger partial charge in [-0.1, -0.05) is 19.3 Å². The van der Waals surface area contributed by atoms with E-state index in [4.69, 9.17) is 5.73 Å². The number of primary amides is 1. The Morgan fingerprint density at radius 1 is 1.07 bits per heavy atom. The van der Waals surface area contributed by atoms with Crippen LogP contribution in [0.3, 0.4) is 0 Å². The minimum absolute atomic E-state index is 0.0556. The summed E-state index contributed by atoms with van der Waals surface area (Å²) >= 11 is 0. The van der Waals surface area contributed by atoms with Crippen molar-refractivity contribution >= 4 is 22.8 Å². The second-order valence-corrected chi connectivity index (χ2v) is 8.17. The van der Waals surface area contributed by atoms with E-state index in [2.05, 4.69) is 5.32 Å². The summed E-state index contributed by atoms with van der Waals surface area (Å²) in [6.07, 6.45) is 8.07. The number of amides is 2. The van der Waals surface area contributed by atoms with Gasteiger partial charge in [-0.3, -0.25) is 18.7 Å². The van der Waals surface area contributed by atoms with E-state index in [9.17, 15) is 14.4 Å². The number of aromatic nitrogens is 2. The highest BCUT2D eigenvalue weighted by molar-refractivity contribution is 5.97. The zero-order chi connectivity index (χ0) is 19.7. The molecule has 0 atom stereocenters. The summed E-state index contributed by atoms with van der Waals surface area (Å²) in [5, 5.41) is 2.72. The van der Waals surface area contributed by atoms with Gasteiger partial charge in [0, 0.05) is 31.1 Å². The lowest BCUT2D eigenvalue weighted by molar-refractivity contribution is -0.117. The van der Waals surface area contributed by atoms with Gasteiger partial charge in [-0.15, -0.1) is 0 Å². The summed E-state index contributed by atoms with van der Waals surface area (Å²) in [5.41, 5.74) is 7.44. The fraction of sp³-hybridized carbons (Fsp3) is 0.571. The molecule has 150 valence electrons. The highest BCUT2D eigenvalue weighted by atomic mass is 16.2. The molecular formula is C21H28N4O3. The standard InChI is InChI=1S/C21H28N4O3/c22-19(26)10-11-23-20(27)15-8-9-17-18(12-15)24(13-14-6-7-14)21(28)25(17)16-4-2-1-3-5-16/h8-9,12,14,16H,1-7,10-11,13H2,(H2,22,26)(H,23,27). The molecule has 2 aliphatic rings. The highest BCUT2D eigenvalue weighted by Crippen LogP contribution is 2.33. The third-order valence-electron chi connectivity index (χ3n) is 5.96. The summed E-state index contributed by atoms with van der Waals surface area (Å²) in [4.78, 5) is 36.6. The Balaban J connectivity index is 1.69. The van der Waals surface area contributed by atoms with E-state index in [-0.39, 0.29) is 30.6 Å². The van der Waals surface area contributed by atoms with E-state index in [1.165, 1.54) is 6.42 Å². The molecule has 0 saturated heterocycles. The first-order valence-corrected chi connectivity index (χ1v) is 10.4. The number of fused-ring (bicyclic) bond motifs is 1. The Morgan fingerprint density at radius 3 is 2.50 bits per heavy atom. The molecule has 0 aliphatic heterocycles. The molecule has 2 aromatic rings. The number of nitrogens with one attached hydrogen (secondary N) is 1. The first-order valence-electron chi connectivity index (χ1n) is 10.4. The topological polar surface area (TPSA) is 99.1 Å². The number of nitrogens with two attached hydrogens (primary N) is 1. The molecule has 2 aliphatic carbocycles. The predicted molar refractivity (Wildman–Crippen MR) is 107 cm³/mol. The van der Waals surface area contributed by atoms with Gasteiger partial charge in [0.15, 0.2) is 0 Å². The molecule has 2 saturated carbocycles. The maximum Gasteiger partial charge on any atom is 0.329 e. The Morgan fingerprint density at radius 2 is 1.82 bits per heavy atom. The molecule has 4 rings (SSSR count).